The van der Waals surface area contributed by atoms with Gasteiger partial charge in [0.15, 0.2) is 0 Å². The Labute approximate surface area is 121 Å². The molecule has 2 nitrogen and oxygen atoms in total. The Morgan fingerprint density at radius 3 is 2.45 bits per heavy atom. The summed E-state index contributed by atoms with van der Waals surface area (Å²) in [6.45, 7) is 9.66. The van der Waals surface area contributed by atoms with Gasteiger partial charge in [0.1, 0.15) is 5.82 Å². The maximum absolute atomic E-state index is 13.5. The van der Waals surface area contributed by atoms with Gasteiger partial charge in [-0.05, 0) is 62.5 Å². The number of halogens is 1. The monoisotopic (exact) mass is 276 g/mol. The van der Waals surface area contributed by atoms with Gasteiger partial charge in [0, 0.05) is 23.6 Å². The number of benzene rings is 1. The molecular weight excluding hydrogens is 251 g/mol. The van der Waals surface area contributed by atoms with E-state index in [0.29, 0.717) is 0 Å². The zero-order chi connectivity index (χ0) is 14.5. The second-order valence-electron chi connectivity index (χ2n) is 5.55. The molecule has 0 bridgehead atoms. The second kappa shape index (κ2) is 6.89. The fourth-order valence-electron chi connectivity index (χ4n) is 2.76. The first-order valence-corrected chi connectivity index (χ1v) is 7.64. The van der Waals surface area contributed by atoms with Gasteiger partial charge >= 0.3 is 0 Å². The summed E-state index contributed by atoms with van der Waals surface area (Å²) in [5.74, 6) is -0.135. The Kier molecular flexibility index (Phi) is 5.18. The predicted molar refractivity (Wildman–Crippen MR) is 83.7 cm³/mol. The standard InChI is InChI=1S/C17H25FN2/c1-4-7-20(8-5-2)9-6-14-12-19-17-11-16(18)13(3)10-15(14)17/h10-12,19H,4-9H2,1-3H3. The summed E-state index contributed by atoms with van der Waals surface area (Å²) in [6, 6.07) is 3.56. The Bertz CT molecular complexity index is 553. The van der Waals surface area contributed by atoms with Gasteiger partial charge in [-0.15, -0.1) is 0 Å². The van der Waals surface area contributed by atoms with Gasteiger partial charge in [0.25, 0.3) is 0 Å². The van der Waals surface area contributed by atoms with Crippen molar-refractivity contribution >= 4 is 10.9 Å². The average Bonchev–Trinajstić information content (AvgIpc) is 2.79. The first kappa shape index (κ1) is 15.0. The first-order valence-electron chi connectivity index (χ1n) is 7.64. The van der Waals surface area contributed by atoms with Gasteiger partial charge in [0.2, 0.25) is 0 Å². The van der Waals surface area contributed by atoms with Crippen molar-refractivity contribution in [3.63, 3.8) is 0 Å². The minimum Gasteiger partial charge on any atom is -0.361 e. The van der Waals surface area contributed by atoms with E-state index < -0.39 is 0 Å². The Morgan fingerprint density at radius 2 is 1.80 bits per heavy atom. The molecule has 0 saturated heterocycles. The summed E-state index contributed by atoms with van der Waals surface area (Å²) in [5, 5.41) is 1.16. The SMILES string of the molecule is CCCN(CCC)CCc1c[nH]c2cc(F)c(C)cc12. The highest BCUT2D eigenvalue weighted by Gasteiger charge is 2.09. The summed E-state index contributed by atoms with van der Waals surface area (Å²) in [4.78, 5) is 5.69. The molecule has 2 aromatic rings. The summed E-state index contributed by atoms with van der Waals surface area (Å²) in [7, 11) is 0. The second-order valence-corrected chi connectivity index (χ2v) is 5.55. The van der Waals surface area contributed by atoms with Gasteiger partial charge in [-0.1, -0.05) is 13.8 Å². The van der Waals surface area contributed by atoms with Gasteiger partial charge < -0.3 is 9.88 Å². The van der Waals surface area contributed by atoms with E-state index in [1.165, 1.54) is 18.4 Å². The Hall–Kier alpha value is -1.35. The third kappa shape index (κ3) is 3.40. The van der Waals surface area contributed by atoms with Crippen molar-refractivity contribution in [1.82, 2.24) is 9.88 Å². The van der Waals surface area contributed by atoms with E-state index in [-0.39, 0.29) is 5.82 Å². The van der Waals surface area contributed by atoms with Crippen molar-refractivity contribution in [2.75, 3.05) is 19.6 Å². The van der Waals surface area contributed by atoms with Gasteiger partial charge in [0.05, 0.1) is 0 Å². The molecule has 1 aromatic carbocycles. The van der Waals surface area contributed by atoms with E-state index in [1.807, 2.05) is 19.2 Å². The highest BCUT2D eigenvalue weighted by Crippen LogP contribution is 2.22. The van der Waals surface area contributed by atoms with E-state index in [9.17, 15) is 4.39 Å². The van der Waals surface area contributed by atoms with Crippen molar-refractivity contribution in [3.8, 4) is 0 Å². The molecule has 0 spiro atoms. The third-order valence-electron chi connectivity index (χ3n) is 3.82. The van der Waals surface area contributed by atoms with Crippen molar-refractivity contribution in [2.24, 2.45) is 0 Å². The van der Waals surface area contributed by atoms with Gasteiger partial charge in [-0.2, -0.15) is 0 Å². The third-order valence-corrected chi connectivity index (χ3v) is 3.82. The van der Waals surface area contributed by atoms with E-state index in [1.54, 1.807) is 6.07 Å². The van der Waals surface area contributed by atoms with Crippen molar-refractivity contribution in [2.45, 2.75) is 40.0 Å². The molecule has 0 aliphatic carbocycles. The van der Waals surface area contributed by atoms with E-state index in [0.717, 1.165) is 42.5 Å². The molecule has 0 radical (unpaired) electrons. The number of fused-ring (bicyclic) bond motifs is 1. The highest BCUT2D eigenvalue weighted by molar-refractivity contribution is 5.84. The van der Waals surface area contributed by atoms with Crippen molar-refractivity contribution in [3.05, 3.63) is 35.3 Å². The van der Waals surface area contributed by atoms with Crippen LogP contribution < -0.4 is 0 Å². The van der Waals surface area contributed by atoms with Crippen LogP contribution in [0, 0.1) is 12.7 Å². The number of hydrogen-bond donors (Lipinski definition) is 1. The number of H-pyrrole nitrogens is 1. The maximum atomic E-state index is 13.5. The summed E-state index contributed by atoms with van der Waals surface area (Å²) >= 11 is 0. The molecular formula is C17H25FN2. The van der Waals surface area contributed by atoms with Crippen LogP contribution in [0.25, 0.3) is 10.9 Å². The quantitative estimate of drug-likeness (QED) is 0.799. The van der Waals surface area contributed by atoms with Crippen molar-refractivity contribution in [1.29, 1.82) is 0 Å². The fraction of sp³-hybridized carbons (Fsp3) is 0.529. The molecule has 20 heavy (non-hydrogen) atoms. The van der Waals surface area contributed by atoms with Crippen LogP contribution in [0.15, 0.2) is 18.3 Å². The van der Waals surface area contributed by atoms with Crippen LogP contribution in [0.3, 0.4) is 0 Å². The number of hydrogen-bond acceptors (Lipinski definition) is 1. The number of aryl methyl sites for hydroxylation is 1. The normalized spacial score (nSPS) is 11.7. The lowest BCUT2D eigenvalue weighted by molar-refractivity contribution is 0.278. The van der Waals surface area contributed by atoms with Crippen LogP contribution in [-0.4, -0.2) is 29.5 Å². The number of aromatic nitrogens is 1. The van der Waals surface area contributed by atoms with E-state index >= 15 is 0 Å². The Balaban J connectivity index is 2.11. The van der Waals surface area contributed by atoms with E-state index in [4.69, 9.17) is 0 Å². The first-order chi connectivity index (χ1) is 9.65. The molecule has 0 atom stereocenters. The zero-order valence-corrected chi connectivity index (χ0v) is 12.8. The topological polar surface area (TPSA) is 19.0 Å². The van der Waals surface area contributed by atoms with Crippen molar-refractivity contribution < 1.29 is 4.39 Å². The molecule has 1 aromatic heterocycles. The summed E-state index contributed by atoms with van der Waals surface area (Å²) < 4.78 is 13.5. The lowest BCUT2D eigenvalue weighted by Gasteiger charge is -2.20. The molecule has 110 valence electrons. The van der Waals surface area contributed by atoms with Crippen LogP contribution in [0.5, 0.6) is 0 Å². The van der Waals surface area contributed by atoms with Crippen LogP contribution in [0.2, 0.25) is 0 Å². The molecule has 0 aliphatic rings. The fourth-order valence-corrected chi connectivity index (χ4v) is 2.76. The van der Waals surface area contributed by atoms with Crippen LogP contribution in [0.4, 0.5) is 4.39 Å². The molecule has 1 heterocycles. The number of nitrogens with zero attached hydrogens (tertiary/aromatic N) is 1. The maximum Gasteiger partial charge on any atom is 0.128 e. The minimum absolute atomic E-state index is 0.135. The number of rotatable bonds is 7. The van der Waals surface area contributed by atoms with E-state index in [2.05, 4.69) is 23.7 Å². The molecule has 1 N–H and O–H groups in total. The summed E-state index contributed by atoms with van der Waals surface area (Å²) in [5.41, 5.74) is 2.92. The van der Waals surface area contributed by atoms with Crippen LogP contribution in [-0.2, 0) is 6.42 Å². The molecule has 0 amide bonds. The number of aromatic amines is 1. The lowest BCUT2D eigenvalue weighted by Crippen LogP contribution is -2.27. The zero-order valence-electron chi connectivity index (χ0n) is 12.8. The van der Waals surface area contributed by atoms with Gasteiger partial charge in [-0.25, -0.2) is 4.39 Å². The Morgan fingerprint density at radius 1 is 1.10 bits per heavy atom. The average molecular weight is 276 g/mol. The lowest BCUT2D eigenvalue weighted by atomic mass is 10.1. The molecule has 3 heteroatoms. The van der Waals surface area contributed by atoms with Gasteiger partial charge in [-0.3, -0.25) is 0 Å². The molecule has 0 aliphatic heterocycles. The molecule has 0 fully saturated rings. The smallest absolute Gasteiger partial charge is 0.128 e. The largest absolute Gasteiger partial charge is 0.361 e. The summed E-state index contributed by atoms with van der Waals surface area (Å²) in [6.07, 6.45) is 5.43. The van der Waals surface area contributed by atoms with Crippen LogP contribution >= 0.6 is 0 Å². The molecule has 2 rings (SSSR count). The predicted octanol–water partition coefficient (Wildman–Crippen LogP) is 4.28. The minimum atomic E-state index is -0.135. The number of nitrogens with one attached hydrogen (secondary N) is 1. The molecule has 0 unspecified atom stereocenters. The molecule has 0 saturated carbocycles. The highest BCUT2D eigenvalue weighted by atomic mass is 19.1. The van der Waals surface area contributed by atoms with Crippen LogP contribution in [0.1, 0.15) is 37.8 Å².